The first kappa shape index (κ1) is 10.7. The van der Waals surface area contributed by atoms with E-state index in [1.807, 2.05) is 0 Å². The van der Waals surface area contributed by atoms with Crippen LogP contribution in [-0.2, 0) is 0 Å². The molecule has 2 heterocycles. The second-order valence-electron chi connectivity index (χ2n) is 2.96. The minimum atomic E-state index is -1.20. The molecule has 16 heavy (non-hydrogen) atoms. The average Bonchev–Trinajstić information content (AvgIpc) is 2.57. The largest absolute Gasteiger partial charge is 0.476 e. The Morgan fingerprint density at radius 3 is 3.06 bits per heavy atom. The molecule has 0 aliphatic carbocycles. The van der Waals surface area contributed by atoms with Gasteiger partial charge in [0.1, 0.15) is 5.15 Å². The number of carboxylic acid groups (broad SMARTS) is 1. The summed E-state index contributed by atoms with van der Waals surface area (Å²) in [5, 5.41) is 13.5. The SMILES string of the molecule is CCOc1nn(C(=O)O)c2cc(Cl)ncc12. The standard InChI is InChI=1S/C9H8ClN3O3/c1-2-16-8-5-4-11-7(10)3-6(5)13(12-8)9(14)15/h3-4H,2H2,1H3,(H,14,15). The van der Waals surface area contributed by atoms with Gasteiger partial charge in [0.2, 0.25) is 5.88 Å². The van der Waals surface area contributed by atoms with E-state index in [-0.39, 0.29) is 11.0 Å². The highest BCUT2D eigenvalue weighted by molar-refractivity contribution is 6.30. The number of halogens is 1. The molecule has 0 spiro atoms. The summed E-state index contributed by atoms with van der Waals surface area (Å²) >= 11 is 5.70. The van der Waals surface area contributed by atoms with Crippen LogP contribution >= 0.6 is 11.6 Å². The highest BCUT2D eigenvalue weighted by Gasteiger charge is 2.16. The van der Waals surface area contributed by atoms with Crippen molar-refractivity contribution in [2.75, 3.05) is 6.61 Å². The van der Waals surface area contributed by atoms with Gasteiger partial charge in [0.25, 0.3) is 0 Å². The van der Waals surface area contributed by atoms with Crippen molar-refractivity contribution in [3.8, 4) is 5.88 Å². The summed E-state index contributed by atoms with van der Waals surface area (Å²) in [6.07, 6.45) is 0.243. The molecule has 0 saturated carbocycles. The lowest BCUT2D eigenvalue weighted by atomic mass is 10.3. The topological polar surface area (TPSA) is 77.2 Å². The summed E-state index contributed by atoms with van der Waals surface area (Å²) in [5.41, 5.74) is 0.357. The molecule has 0 fully saturated rings. The molecule has 2 aromatic rings. The molecular weight excluding hydrogens is 234 g/mol. The van der Waals surface area contributed by atoms with Gasteiger partial charge in [-0.25, -0.2) is 9.78 Å². The first-order valence-electron chi connectivity index (χ1n) is 4.54. The zero-order valence-corrected chi connectivity index (χ0v) is 9.10. The Hall–Kier alpha value is -1.82. The fourth-order valence-corrected chi connectivity index (χ4v) is 1.50. The number of pyridine rings is 1. The summed E-state index contributed by atoms with van der Waals surface area (Å²) in [7, 11) is 0. The Morgan fingerprint density at radius 1 is 1.69 bits per heavy atom. The average molecular weight is 242 g/mol. The van der Waals surface area contributed by atoms with Gasteiger partial charge < -0.3 is 9.84 Å². The van der Waals surface area contributed by atoms with Crippen LogP contribution in [0, 0.1) is 0 Å². The monoisotopic (exact) mass is 241 g/mol. The lowest BCUT2D eigenvalue weighted by Crippen LogP contribution is -2.09. The van der Waals surface area contributed by atoms with Crippen LogP contribution in [0.4, 0.5) is 4.79 Å². The Kier molecular flexibility index (Phi) is 2.66. The van der Waals surface area contributed by atoms with Crippen molar-refractivity contribution < 1.29 is 14.6 Å². The molecule has 84 valence electrons. The number of nitrogens with zero attached hydrogens (tertiary/aromatic N) is 3. The maximum absolute atomic E-state index is 10.9. The second kappa shape index (κ2) is 3.97. The zero-order chi connectivity index (χ0) is 11.7. The van der Waals surface area contributed by atoms with E-state index in [0.717, 1.165) is 4.68 Å². The maximum atomic E-state index is 10.9. The molecular formula is C9H8ClN3O3. The molecule has 7 heteroatoms. The van der Waals surface area contributed by atoms with E-state index >= 15 is 0 Å². The van der Waals surface area contributed by atoms with Crippen LogP contribution in [0.15, 0.2) is 12.3 Å². The van der Waals surface area contributed by atoms with Gasteiger partial charge in [-0.2, -0.15) is 4.68 Å². The third-order valence-corrected chi connectivity index (χ3v) is 2.17. The van der Waals surface area contributed by atoms with Gasteiger partial charge in [-0.1, -0.05) is 11.6 Å². The summed E-state index contributed by atoms with van der Waals surface area (Å²) in [4.78, 5) is 14.8. The predicted molar refractivity (Wildman–Crippen MR) is 57.1 cm³/mol. The number of hydrogen-bond donors (Lipinski definition) is 1. The smallest absolute Gasteiger partial charge is 0.432 e. The number of fused-ring (bicyclic) bond motifs is 1. The van der Waals surface area contributed by atoms with E-state index in [0.29, 0.717) is 17.5 Å². The third kappa shape index (κ3) is 1.67. The van der Waals surface area contributed by atoms with Crippen LogP contribution in [0.2, 0.25) is 5.15 Å². The van der Waals surface area contributed by atoms with Crippen molar-refractivity contribution >= 4 is 28.6 Å². The summed E-state index contributed by atoms with van der Waals surface area (Å²) in [5.74, 6) is 0.240. The molecule has 2 aromatic heterocycles. The molecule has 0 saturated heterocycles. The van der Waals surface area contributed by atoms with E-state index in [1.165, 1.54) is 12.3 Å². The van der Waals surface area contributed by atoms with Gasteiger partial charge in [-0.15, -0.1) is 5.10 Å². The lowest BCUT2D eigenvalue weighted by molar-refractivity contribution is 0.193. The molecule has 0 radical (unpaired) electrons. The van der Waals surface area contributed by atoms with Gasteiger partial charge in [-0.3, -0.25) is 0 Å². The van der Waals surface area contributed by atoms with Crippen molar-refractivity contribution in [3.63, 3.8) is 0 Å². The molecule has 0 unspecified atom stereocenters. The molecule has 0 aliphatic heterocycles. The molecule has 6 nitrogen and oxygen atoms in total. The van der Waals surface area contributed by atoms with Crippen LogP contribution in [0.1, 0.15) is 6.92 Å². The highest BCUT2D eigenvalue weighted by atomic mass is 35.5. The first-order chi connectivity index (χ1) is 7.63. The van der Waals surface area contributed by atoms with E-state index in [1.54, 1.807) is 6.92 Å². The van der Waals surface area contributed by atoms with Crippen LogP contribution < -0.4 is 4.74 Å². The van der Waals surface area contributed by atoms with Gasteiger partial charge in [0.05, 0.1) is 17.5 Å². The van der Waals surface area contributed by atoms with Gasteiger partial charge in [0, 0.05) is 12.3 Å². The fourth-order valence-electron chi connectivity index (χ4n) is 1.35. The summed E-state index contributed by atoms with van der Waals surface area (Å²) in [6.45, 7) is 2.18. The molecule has 0 aromatic carbocycles. The predicted octanol–water partition coefficient (Wildman–Crippen LogP) is 2.01. The van der Waals surface area contributed by atoms with E-state index in [2.05, 4.69) is 10.1 Å². The molecule has 0 amide bonds. The first-order valence-corrected chi connectivity index (χ1v) is 4.91. The normalized spacial score (nSPS) is 10.6. The van der Waals surface area contributed by atoms with Gasteiger partial charge >= 0.3 is 6.09 Å². The Bertz CT molecular complexity index is 552. The summed E-state index contributed by atoms with van der Waals surface area (Å²) < 4.78 is 6.02. The quantitative estimate of drug-likeness (QED) is 0.814. The molecule has 0 bridgehead atoms. The number of hydrogen-bond acceptors (Lipinski definition) is 4. The van der Waals surface area contributed by atoms with Crippen LogP contribution in [-0.4, -0.2) is 32.6 Å². The number of carbonyl (C=O) groups is 1. The third-order valence-electron chi connectivity index (χ3n) is 1.96. The van der Waals surface area contributed by atoms with Crippen molar-refractivity contribution in [2.24, 2.45) is 0 Å². The Labute approximate surface area is 95.4 Å². The molecule has 0 atom stereocenters. The molecule has 1 N–H and O–H groups in total. The van der Waals surface area contributed by atoms with E-state index < -0.39 is 6.09 Å². The minimum absolute atomic E-state index is 0.206. The number of aromatic nitrogens is 3. The number of rotatable bonds is 2. The van der Waals surface area contributed by atoms with Crippen LogP contribution in [0.25, 0.3) is 10.9 Å². The van der Waals surface area contributed by atoms with Crippen LogP contribution in [0.3, 0.4) is 0 Å². The highest BCUT2D eigenvalue weighted by Crippen LogP contribution is 2.25. The van der Waals surface area contributed by atoms with Gasteiger partial charge in [-0.05, 0) is 6.92 Å². The molecule has 2 rings (SSSR count). The zero-order valence-electron chi connectivity index (χ0n) is 8.35. The van der Waals surface area contributed by atoms with Crippen molar-refractivity contribution in [1.29, 1.82) is 0 Å². The second-order valence-corrected chi connectivity index (χ2v) is 3.34. The molecule has 0 aliphatic rings. The Balaban J connectivity index is 2.71. The fraction of sp³-hybridized carbons (Fsp3) is 0.222. The minimum Gasteiger partial charge on any atom is -0.476 e. The van der Waals surface area contributed by atoms with Crippen molar-refractivity contribution in [3.05, 3.63) is 17.4 Å². The van der Waals surface area contributed by atoms with Crippen LogP contribution in [0.5, 0.6) is 5.88 Å². The van der Waals surface area contributed by atoms with Crippen molar-refractivity contribution in [1.82, 2.24) is 14.8 Å². The van der Waals surface area contributed by atoms with E-state index in [4.69, 9.17) is 21.4 Å². The Morgan fingerprint density at radius 2 is 2.44 bits per heavy atom. The van der Waals surface area contributed by atoms with E-state index in [9.17, 15) is 4.79 Å². The lowest BCUT2D eigenvalue weighted by Gasteiger charge is -1.96. The number of ether oxygens (including phenoxy) is 1. The van der Waals surface area contributed by atoms with Crippen molar-refractivity contribution in [2.45, 2.75) is 6.92 Å². The maximum Gasteiger partial charge on any atom is 0.432 e. The van der Waals surface area contributed by atoms with Gasteiger partial charge in [0.15, 0.2) is 0 Å². The summed E-state index contributed by atoms with van der Waals surface area (Å²) in [6, 6.07) is 1.43.